The molecule has 0 aliphatic carbocycles. The summed E-state index contributed by atoms with van der Waals surface area (Å²) in [6.45, 7) is 6.38. The molecule has 1 saturated heterocycles. The molecule has 150 valence electrons. The van der Waals surface area contributed by atoms with Crippen LogP contribution in [-0.4, -0.2) is 32.7 Å². The summed E-state index contributed by atoms with van der Waals surface area (Å²) >= 11 is 0. The van der Waals surface area contributed by atoms with Crippen LogP contribution in [0.15, 0.2) is 67.0 Å². The van der Waals surface area contributed by atoms with E-state index in [0.29, 0.717) is 6.54 Å². The fourth-order valence-corrected chi connectivity index (χ4v) is 3.85. The highest BCUT2D eigenvalue weighted by Crippen LogP contribution is 2.37. The van der Waals surface area contributed by atoms with Crippen molar-refractivity contribution in [1.82, 2.24) is 14.5 Å². The first-order valence-electron chi connectivity index (χ1n) is 10.1. The van der Waals surface area contributed by atoms with E-state index in [1.54, 1.807) is 0 Å². The second kappa shape index (κ2) is 7.74. The first-order chi connectivity index (χ1) is 13.9. The molecule has 1 unspecified atom stereocenters. The average molecular weight is 389 g/mol. The number of nitrogens with zero attached hydrogens (tertiary/aromatic N) is 3. The largest absolute Gasteiger partial charge is 0.444 e. The van der Waals surface area contributed by atoms with Gasteiger partial charge in [-0.3, -0.25) is 4.90 Å². The van der Waals surface area contributed by atoms with Gasteiger partial charge in [-0.2, -0.15) is 0 Å². The van der Waals surface area contributed by atoms with Crippen molar-refractivity contribution in [3.8, 4) is 22.5 Å². The zero-order valence-corrected chi connectivity index (χ0v) is 17.2. The van der Waals surface area contributed by atoms with Gasteiger partial charge in [0.1, 0.15) is 11.8 Å². The summed E-state index contributed by atoms with van der Waals surface area (Å²) < 4.78 is 7.80. The zero-order valence-electron chi connectivity index (χ0n) is 17.2. The van der Waals surface area contributed by atoms with E-state index in [1.807, 2.05) is 68.4 Å². The highest BCUT2D eigenvalue weighted by Gasteiger charge is 2.35. The monoisotopic (exact) mass is 389 g/mol. The van der Waals surface area contributed by atoms with E-state index in [2.05, 4.69) is 28.8 Å². The van der Waals surface area contributed by atoms with E-state index in [4.69, 9.17) is 9.72 Å². The molecular weight excluding hydrogens is 362 g/mol. The fourth-order valence-electron chi connectivity index (χ4n) is 3.85. The van der Waals surface area contributed by atoms with Gasteiger partial charge < -0.3 is 9.30 Å². The lowest BCUT2D eigenvalue weighted by molar-refractivity contribution is 0.0164. The van der Waals surface area contributed by atoms with Crippen LogP contribution in [0, 0.1) is 0 Å². The fraction of sp³-hybridized carbons (Fsp3) is 0.333. The zero-order chi connectivity index (χ0) is 20.4. The third kappa shape index (κ3) is 4.04. The molecule has 0 spiro atoms. The molecule has 3 aromatic rings. The first kappa shape index (κ1) is 19.2. The van der Waals surface area contributed by atoms with Crippen molar-refractivity contribution in [2.24, 2.45) is 0 Å². The van der Waals surface area contributed by atoms with E-state index < -0.39 is 5.60 Å². The summed E-state index contributed by atoms with van der Waals surface area (Å²) in [7, 11) is 0. The normalized spacial score (nSPS) is 16.8. The van der Waals surface area contributed by atoms with Crippen LogP contribution in [-0.2, 0) is 4.74 Å². The van der Waals surface area contributed by atoms with Gasteiger partial charge in [-0.25, -0.2) is 9.78 Å². The van der Waals surface area contributed by atoms with Gasteiger partial charge in [0.05, 0.1) is 17.7 Å². The molecule has 0 N–H and O–H groups in total. The molecule has 0 saturated carbocycles. The average Bonchev–Trinajstić information content (AvgIpc) is 3.35. The maximum absolute atomic E-state index is 12.8. The van der Waals surface area contributed by atoms with Gasteiger partial charge in [0.2, 0.25) is 0 Å². The van der Waals surface area contributed by atoms with Crippen LogP contribution in [0.25, 0.3) is 22.5 Å². The molecular formula is C24H27N3O2. The molecule has 1 aliphatic heterocycles. The quantitative estimate of drug-likeness (QED) is 0.573. The van der Waals surface area contributed by atoms with Gasteiger partial charge in [0.25, 0.3) is 0 Å². The van der Waals surface area contributed by atoms with Crippen LogP contribution in [0.3, 0.4) is 0 Å². The second-order valence-corrected chi connectivity index (χ2v) is 8.38. The maximum Gasteiger partial charge on any atom is 0.411 e. The Balaban J connectivity index is 1.78. The van der Waals surface area contributed by atoms with E-state index in [0.717, 1.165) is 35.4 Å². The third-order valence-electron chi connectivity index (χ3n) is 5.06. The Labute approximate surface area is 171 Å². The molecule has 5 heteroatoms. The number of hydrogen-bond acceptors (Lipinski definition) is 3. The number of ether oxygens (including phenoxy) is 1. The van der Waals surface area contributed by atoms with Gasteiger partial charge in [-0.05, 0) is 33.6 Å². The summed E-state index contributed by atoms with van der Waals surface area (Å²) in [4.78, 5) is 19.4. The standard InChI is InChI=1S/C24H27N3O2/c1-24(2,3)29-23(28)26-16-10-15-20(26)27-17-25-21(18-11-6-4-7-12-18)22(27)19-13-8-5-9-14-19/h4-9,11-14,17,20H,10,15-16H2,1-3H3. The van der Waals surface area contributed by atoms with E-state index in [-0.39, 0.29) is 12.3 Å². The van der Waals surface area contributed by atoms with Crippen molar-refractivity contribution >= 4 is 6.09 Å². The van der Waals surface area contributed by atoms with E-state index in [1.165, 1.54) is 0 Å². The molecule has 2 heterocycles. The maximum atomic E-state index is 12.8. The van der Waals surface area contributed by atoms with Crippen LogP contribution in [0.1, 0.15) is 39.8 Å². The molecule has 1 aromatic heterocycles. The lowest BCUT2D eigenvalue weighted by atomic mass is 10.0. The van der Waals surface area contributed by atoms with Crippen LogP contribution in [0.4, 0.5) is 4.79 Å². The summed E-state index contributed by atoms with van der Waals surface area (Å²) in [5, 5.41) is 0. The molecule has 2 aromatic carbocycles. The summed E-state index contributed by atoms with van der Waals surface area (Å²) in [6, 6.07) is 20.4. The van der Waals surface area contributed by atoms with Gasteiger partial charge in [0, 0.05) is 17.7 Å². The number of amides is 1. The van der Waals surface area contributed by atoms with Crippen LogP contribution >= 0.6 is 0 Å². The minimum atomic E-state index is -0.517. The van der Waals surface area contributed by atoms with Gasteiger partial charge >= 0.3 is 6.09 Å². The Hall–Kier alpha value is -3.08. The van der Waals surface area contributed by atoms with Gasteiger partial charge in [-0.1, -0.05) is 60.7 Å². The Kier molecular flexibility index (Phi) is 5.14. The number of hydrogen-bond donors (Lipinski definition) is 0. The van der Waals surface area contributed by atoms with Crippen molar-refractivity contribution in [1.29, 1.82) is 0 Å². The minimum Gasteiger partial charge on any atom is -0.444 e. The second-order valence-electron chi connectivity index (χ2n) is 8.38. The minimum absolute atomic E-state index is 0.106. The van der Waals surface area contributed by atoms with Crippen molar-refractivity contribution < 1.29 is 9.53 Å². The van der Waals surface area contributed by atoms with Crippen LogP contribution < -0.4 is 0 Å². The first-order valence-corrected chi connectivity index (χ1v) is 10.1. The van der Waals surface area contributed by atoms with E-state index >= 15 is 0 Å². The number of benzene rings is 2. The lowest BCUT2D eigenvalue weighted by Gasteiger charge is -2.30. The number of aromatic nitrogens is 2. The topological polar surface area (TPSA) is 47.4 Å². The van der Waals surface area contributed by atoms with Crippen LogP contribution in [0.5, 0.6) is 0 Å². The highest BCUT2D eigenvalue weighted by atomic mass is 16.6. The SMILES string of the molecule is CC(C)(C)OC(=O)N1CCCC1n1cnc(-c2ccccc2)c1-c1ccccc1. The Morgan fingerprint density at radius 1 is 1.00 bits per heavy atom. The van der Waals surface area contributed by atoms with Crippen molar-refractivity contribution in [2.75, 3.05) is 6.54 Å². The molecule has 1 fully saturated rings. The van der Waals surface area contributed by atoms with Crippen LogP contribution in [0.2, 0.25) is 0 Å². The number of rotatable bonds is 3. The summed E-state index contributed by atoms with van der Waals surface area (Å²) in [5.41, 5.74) is 3.58. The molecule has 1 atom stereocenters. The number of imidazole rings is 1. The van der Waals surface area contributed by atoms with Gasteiger partial charge in [0.15, 0.2) is 0 Å². The molecule has 4 rings (SSSR count). The molecule has 0 radical (unpaired) electrons. The number of carbonyl (C=O) groups is 1. The highest BCUT2D eigenvalue weighted by molar-refractivity contribution is 5.79. The Bertz CT molecular complexity index is 974. The third-order valence-corrected chi connectivity index (χ3v) is 5.06. The predicted molar refractivity (Wildman–Crippen MR) is 114 cm³/mol. The molecule has 29 heavy (non-hydrogen) atoms. The summed E-state index contributed by atoms with van der Waals surface area (Å²) in [5.74, 6) is 0. The predicted octanol–water partition coefficient (Wildman–Crippen LogP) is 5.75. The van der Waals surface area contributed by atoms with E-state index in [9.17, 15) is 4.79 Å². The summed E-state index contributed by atoms with van der Waals surface area (Å²) in [6.07, 6.45) is 3.30. The molecule has 1 aliphatic rings. The molecule has 0 bridgehead atoms. The molecule has 1 amide bonds. The van der Waals surface area contributed by atoms with Crippen molar-refractivity contribution in [2.45, 2.75) is 45.4 Å². The van der Waals surface area contributed by atoms with Crippen molar-refractivity contribution in [3.63, 3.8) is 0 Å². The molecule has 5 nitrogen and oxygen atoms in total. The number of carbonyl (C=O) groups excluding carboxylic acids is 1. The Morgan fingerprint density at radius 2 is 1.62 bits per heavy atom. The Morgan fingerprint density at radius 3 is 2.24 bits per heavy atom. The van der Waals surface area contributed by atoms with Crippen molar-refractivity contribution in [3.05, 3.63) is 67.0 Å². The van der Waals surface area contributed by atoms with Gasteiger partial charge in [-0.15, -0.1) is 0 Å². The smallest absolute Gasteiger partial charge is 0.411 e. The lowest BCUT2D eigenvalue weighted by Crippen LogP contribution is -2.38. The number of likely N-dealkylation sites (tertiary alicyclic amines) is 1.